The lowest BCUT2D eigenvalue weighted by Crippen LogP contribution is -2.29. The van der Waals surface area contributed by atoms with E-state index in [1.54, 1.807) is 16.3 Å². The highest BCUT2D eigenvalue weighted by atomic mass is 32.2. The van der Waals surface area contributed by atoms with Gasteiger partial charge in [0.15, 0.2) is 16.4 Å². The lowest BCUT2D eigenvalue weighted by atomic mass is 10.0. The standard InChI is InChI=1S/C14H18F2N2S2/c1-4-14(5-2,20-3)8-18-12-10(17-13(18)19)7-6-9(15)11(12)16/h6-7H,4-5,8H2,1-3H3,(H,17,19). The number of nitrogens with zero attached hydrogens (tertiary/aromatic N) is 1. The highest BCUT2D eigenvalue weighted by Gasteiger charge is 2.27. The molecule has 2 rings (SSSR count). The predicted octanol–water partition coefficient (Wildman–Crippen LogP) is 4.90. The molecule has 2 nitrogen and oxygen atoms in total. The Kier molecular flexibility index (Phi) is 4.54. The van der Waals surface area contributed by atoms with Gasteiger partial charge in [-0.15, -0.1) is 0 Å². The van der Waals surface area contributed by atoms with Crippen LogP contribution in [-0.2, 0) is 6.54 Å². The van der Waals surface area contributed by atoms with E-state index >= 15 is 0 Å². The molecule has 2 aromatic rings. The third-order valence-electron chi connectivity index (χ3n) is 3.99. The third kappa shape index (κ3) is 2.51. The molecule has 0 aliphatic carbocycles. The molecule has 0 saturated carbocycles. The van der Waals surface area contributed by atoms with Crippen molar-refractivity contribution >= 4 is 35.0 Å². The van der Waals surface area contributed by atoms with Gasteiger partial charge < -0.3 is 9.55 Å². The molecule has 0 spiro atoms. The van der Waals surface area contributed by atoms with Crippen LogP contribution in [-0.4, -0.2) is 20.6 Å². The Labute approximate surface area is 126 Å². The summed E-state index contributed by atoms with van der Waals surface area (Å²) >= 11 is 7.02. The number of imidazole rings is 1. The molecule has 0 saturated heterocycles. The van der Waals surface area contributed by atoms with E-state index in [-0.39, 0.29) is 10.3 Å². The Balaban J connectivity index is 2.62. The maximum absolute atomic E-state index is 14.1. The van der Waals surface area contributed by atoms with E-state index in [1.165, 1.54) is 6.07 Å². The first-order chi connectivity index (χ1) is 9.48. The van der Waals surface area contributed by atoms with E-state index in [1.807, 2.05) is 6.26 Å². The van der Waals surface area contributed by atoms with Crippen LogP contribution in [0.25, 0.3) is 11.0 Å². The van der Waals surface area contributed by atoms with Crippen LogP contribution >= 0.6 is 24.0 Å². The zero-order valence-electron chi connectivity index (χ0n) is 11.8. The van der Waals surface area contributed by atoms with Crippen molar-refractivity contribution in [2.45, 2.75) is 38.0 Å². The van der Waals surface area contributed by atoms with Gasteiger partial charge >= 0.3 is 0 Å². The topological polar surface area (TPSA) is 20.7 Å². The Bertz CT molecular complexity index is 663. The summed E-state index contributed by atoms with van der Waals surface area (Å²) in [5, 5.41) is 0. The minimum absolute atomic E-state index is 0.0217. The molecule has 1 N–H and O–H groups in total. The van der Waals surface area contributed by atoms with Crippen molar-refractivity contribution in [3.05, 3.63) is 28.5 Å². The van der Waals surface area contributed by atoms with Crippen LogP contribution in [0, 0.1) is 16.4 Å². The molecule has 0 aliphatic heterocycles. The molecule has 0 aliphatic rings. The number of fused-ring (bicyclic) bond motifs is 1. The molecule has 0 bridgehead atoms. The van der Waals surface area contributed by atoms with E-state index in [2.05, 4.69) is 18.8 Å². The van der Waals surface area contributed by atoms with Crippen molar-refractivity contribution in [2.75, 3.05) is 6.26 Å². The first-order valence-corrected chi connectivity index (χ1v) is 8.23. The first kappa shape index (κ1) is 15.5. The molecule has 1 aromatic carbocycles. The molecule has 1 heterocycles. The van der Waals surface area contributed by atoms with Crippen LogP contribution in [0.5, 0.6) is 0 Å². The third-order valence-corrected chi connectivity index (χ3v) is 5.89. The number of rotatable bonds is 5. The first-order valence-electron chi connectivity index (χ1n) is 6.59. The van der Waals surface area contributed by atoms with E-state index in [9.17, 15) is 8.78 Å². The van der Waals surface area contributed by atoms with Crippen molar-refractivity contribution in [2.24, 2.45) is 0 Å². The highest BCUT2D eigenvalue weighted by molar-refractivity contribution is 8.00. The Morgan fingerprint density at radius 2 is 1.95 bits per heavy atom. The lowest BCUT2D eigenvalue weighted by Gasteiger charge is -2.30. The molecular weight excluding hydrogens is 298 g/mol. The van der Waals surface area contributed by atoms with Crippen LogP contribution in [0.1, 0.15) is 26.7 Å². The van der Waals surface area contributed by atoms with Crippen molar-refractivity contribution in [1.82, 2.24) is 9.55 Å². The number of H-pyrrole nitrogens is 1. The van der Waals surface area contributed by atoms with Gasteiger partial charge in [-0.2, -0.15) is 11.8 Å². The number of hydrogen-bond acceptors (Lipinski definition) is 2. The molecule has 0 radical (unpaired) electrons. The SMILES string of the molecule is CCC(CC)(Cn1c(=S)[nH]c2ccc(F)c(F)c21)SC. The summed E-state index contributed by atoms with van der Waals surface area (Å²) in [5.41, 5.74) is 0.770. The van der Waals surface area contributed by atoms with Gasteiger partial charge in [0, 0.05) is 11.3 Å². The Hall–Kier alpha value is -0.880. The van der Waals surface area contributed by atoms with Gasteiger partial charge in [0.25, 0.3) is 0 Å². The number of aromatic nitrogens is 2. The van der Waals surface area contributed by atoms with Crippen LogP contribution in [0.3, 0.4) is 0 Å². The van der Waals surface area contributed by atoms with Crippen molar-refractivity contribution in [3.63, 3.8) is 0 Å². The van der Waals surface area contributed by atoms with Crippen molar-refractivity contribution in [1.29, 1.82) is 0 Å². The van der Waals surface area contributed by atoms with Crippen molar-refractivity contribution in [3.8, 4) is 0 Å². The second-order valence-electron chi connectivity index (χ2n) is 4.87. The summed E-state index contributed by atoms with van der Waals surface area (Å²) in [6.07, 6.45) is 3.93. The van der Waals surface area contributed by atoms with Crippen LogP contribution < -0.4 is 0 Å². The van der Waals surface area contributed by atoms with Gasteiger partial charge in [-0.25, -0.2) is 8.78 Å². The van der Waals surface area contributed by atoms with Gasteiger partial charge in [-0.05, 0) is 43.4 Å². The maximum Gasteiger partial charge on any atom is 0.184 e. The van der Waals surface area contributed by atoms with Gasteiger partial charge in [-0.1, -0.05) is 13.8 Å². The minimum Gasteiger partial charge on any atom is -0.330 e. The smallest absolute Gasteiger partial charge is 0.184 e. The van der Waals surface area contributed by atoms with Gasteiger partial charge in [0.05, 0.1) is 5.52 Å². The molecule has 1 aromatic heterocycles. The molecular formula is C14H18F2N2S2. The average Bonchev–Trinajstić information content (AvgIpc) is 2.77. The van der Waals surface area contributed by atoms with E-state index < -0.39 is 11.6 Å². The zero-order chi connectivity index (χ0) is 14.9. The summed E-state index contributed by atoms with van der Waals surface area (Å²) in [5.74, 6) is -1.68. The monoisotopic (exact) mass is 316 g/mol. The summed E-state index contributed by atoms with van der Waals surface area (Å²) < 4.78 is 29.7. The molecule has 20 heavy (non-hydrogen) atoms. The Morgan fingerprint density at radius 3 is 2.50 bits per heavy atom. The highest BCUT2D eigenvalue weighted by Crippen LogP contribution is 2.34. The maximum atomic E-state index is 14.1. The number of hydrogen-bond donors (Lipinski definition) is 1. The predicted molar refractivity (Wildman–Crippen MR) is 83.9 cm³/mol. The quantitative estimate of drug-likeness (QED) is 0.792. The van der Waals surface area contributed by atoms with Gasteiger partial charge in [0.1, 0.15) is 5.52 Å². The normalized spacial score (nSPS) is 12.2. The van der Waals surface area contributed by atoms with Gasteiger partial charge in [-0.3, -0.25) is 0 Å². The largest absolute Gasteiger partial charge is 0.330 e. The van der Waals surface area contributed by atoms with Crippen LogP contribution in [0.2, 0.25) is 0 Å². The number of halogens is 2. The van der Waals surface area contributed by atoms with E-state index in [0.717, 1.165) is 18.9 Å². The Morgan fingerprint density at radius 1 is 1.30 bits per heavy atom. The number of aromatic amines is 1. The summed E-state index contributed by atoms with van der Waals surface area (Å²) in [6.45, 7) is 4.78. The van der Waals surface area contributed by atoms with Crippen LogP contribution in [0.15, 0.2) is 12.1 Å². The number of benzene rings is 1. The molecule has 0 unspecified atom stereocenters. The second-order valence-corrected chi connectivity index (χ2v) is 6.53. The summed E-state index contributed by atoms with van der Waals surface area (Å²) in [6, 6.07) is 2.65. The van der Waals surface area contributed by atoms with Gasteiger partial charge in [0.2, 0.25) is 0 Å². The molecule has 0 amide bonds. The fourth-order valence-electron chi connectivity index (χ4n) is 2.45. The fraction of sp³-hybridized carbons (Fsp3) is 0.500. The summed E-state index contributed by atoms with van der Waals surface area (Å²) in [4.78, 5) is 2.95. The summed E-state index contributed by atoms with van der Waals surface area (Å²) in [7, 11) is 0. The fourth-order valence-corrected chi connectivity index (χ4v) is 3.56. The van der Waals surface area contributed by atoms with Crippen LogP contribution in [0.4, 0.5) is 8.78 Å². The molecule has 110 valence electrons. The molecule has 6 heteroatoms. The van der Waals surface area contributed by atoms with Crippen molar-refractivity contribution < 1.29 is 8.78 Å². The lowest BCUT2D eigenvalue weighted by molar-refractivity contribution is 0.461. The number of nitrogens with one attached hydrogen (secondary N) is 1. The zero-order valence-corrected chi connectivity index (χ0v) is 13.4. The second kappa shape index (κ2) is 5.85. The number of thioether (sulfide) groups is 1. The molecule has 0 fully saturated rings. The van der Waals surface area contributed by atoms with E-state index in [4.69, 9.17) is 12.2 Å². The average molecular weight is 316 g/mol. The molecule has 0 atom stereocenters. The van der Waals surface area contributed by atoms with E-state index in [0.29, 0.717) is 16.8 Å². The minimum atomic E-state index is -0.844.